The molecule has 0 aromatic carbocycles. The number of carbonyl (C=O) groups is 1. The largest absolute Gasteiger partial charge is 0.330 e. The molecule has 2 rings (SSSR count). The number of rotatable bonds is 6. The monoisotopic (exact) mass is 260 g/mol. The maximum absolute atomic E-state index is 11.8. The lowest BCUT2D eigenvalue weighted by molar-refractivity contribution is -0.116. The lowest BCUT2D eigenvalue weighted by Gasteiger charge is -2.09. The van der Waals surface area contributed by atoms with Crippen molar-refractivity contribution in [2.45, 2.75) is 19.3 Å². The van der Waals surface area contributed by atoms with E-state index in [-0.39, 0.29) is 5.91 Å². The zero-order chi connectivity index (χ0) is 13.5. The van der Waals surface area contributed by atoms with Crippen LogP contribution in [0.4, 0.5) is 5.69 Å². The molecule has 0 atom stereocenters. The second-order valence-electron chi connectivity index (χ2n) is 4.01. The zero-order valence-electron chi connectivity index (χ0n) is 10.5. The molecule has 2 aromatic rings. The predicted molar refractivity (Wildman–Crippen MR) is 70.7 cm³/mol. The SMILES string of the molecule is NCCCCC(=O)Nc1cccnc1-n1cncn1. The number of pyridine rings is 1. The summed E-state index contributed by atoms with van der Waals surface area (Å²) in [7, 11) is 0. The molecule has 19 heavy (non-hydrogen) atoms. The fourth-order valence-electron chi connectivity index (χ4n) is 1.64. The number of aromatic nitrogens is 4. The highest BCUT2D eigenvalue weighted by atomic mass is 16.1. The third kappa shape index (κ3) is 3.59. The fourth-order valence-corrected chi connectivity index (χ4v) is 1.64. The molecule has 7 heteroatoms. The van der Waals surface area contributed by atoms with Gasteiger partial charge in [0.1, 0.15) is 12.7 Å². The standard InChI is InChI=1S/C12H16N6O/c13-6-2-1-5-11(19)17-10-4-3-7-15-12(10)18-9-14-8-16-18/h3-4,7-9H,1-2,5-6,13H2,(H,17,19). The topological polar surface area (TPSA) is 98.7 Å². The van der Waals surface area contributed by atoms with Gasteiger partial charge in [0.25, 0.3) is 0 Å². The van der Waals surface area contributed by atoms with Crippen molar-refractivity contribution in [1.29, 1.82) is 0 Å². The average Bonchev–Trinajstić information content (AvgIpc) is 2.93. The molecule has 0 spiro atoms. The minimum Gasteiger partial charge on any atom is -0.330 e. The third-order valence-corrected chi connectivity index (χ3v) is 2.55. The molecule has 0 bridgehead atoms. The Kier molecular flexibility index (Phi) is 4.57. The van der Waals surface area contributed by atoms with E-state index in [9.17, 15) is 4.79 Å². The Labute approximate surface area is 110 Å². The van der Waals surface area contributed by atoms with Gasteiger partial charge < -0.3 is 11.1 Å². The van der Waals surface area contributed by atoms with Crippen LogP contribution in [0.2, 0.25) is 0 Å². The van der Waals surface area contributed by atoms with Crippen LogP contribution in [0.3, 0.4) is 0 Å². The van der Waals surface area contributed by atoms with Crippen LogP contribution in [0.15, 0.2) is 31.0 Å². The highest BCUT2D eigenvalue weighted by molar-refractivity contribution is 5.92. The van der Waals surface area contributed by atoms with Crippen LogP contribution < -0.4 is 11.1 Å². The molecule has 0 aliphatic carbocycles. The lowest BCUT2D eigenvalue weighted by Crippen LogP contribution is -2.14. The molecule has 0 fully saturated rings. The van der Waals surface area contributed by atoms with Gasteiger partial charge in [0.15, 0.2) is 5.82 Å². The van der Waals surface area contributed by atoms with E-state index in [4.69, 9.17) is 5.73 Å². The minimum absolute atomic E-state index is 0.0529. The van der Waals surface area contributed by atoms with Gasteiger partial charge in [0.05, 0.1) is 5.69 Å². The van der Waals surface area contributed by atoms with Crippen molar-refractivity contribution < 1.29 is 4.79 Å². The number of nitrogens with two attached hydrogens (primary N) is 1. The van der Waals surface area contributed by atoms with Crippen LogP contribution >= 0.6 is 0 Å². The number of amides is 1. The Balaban J connectivity index is 2.06. The smallest absolute Gasteiger partial charge is 0.224 e. The van der Waals surface area contributed by atoms with Crippen molar-refractivity contribution in [1.82, 2.24) is 19.7 Å². The van der Waals surface area contributed by atoms with Crippen molar-refractivity contribution in [2.75, 3.05) is 11.9 Å². The third-order valence-electron chi connectivity index (χ3n) is 2.55. The Hall–Kier alpha value is -2.28. The first kappa shape index (κ1) is 13.2. The lowest BCUT2D eigenvalue weighted by atomic mass is 10.2. The van der Waals surface area contributed by atoms with Crippen molar-refractivity contribution in [3.63, 3.8) is 0 Å². The van der Waals surface area contributed by atoms with E-state index >= 15 is 0 Å². The number of hydrogen-bond donors (Lipinski definition) is 2. The van der Waals surface area contributed by atoms with Crippen LogP contribution in [0.5, 0.6) is 0 Å². The summed E-state index contributed by atoms with van der Waals surface area (Å²) in [6.45, 7) is 0.602. The molecule has 2 heterocycles. The van der Waals surface area contributed by atoms with Crippen LogP contribution in [0.1, 0.15) is 19.3 Å². The summed E-state index contributed by atoms with van der Waals surface area (Å²) in [4.78, 5) is 19.8. The van der Waals surface area contributed by atoms with Gasteiger partial charge in [-0.25, -0.2) is 14.6 Å². The summed E-state index contributed by atoms with van der Waals surface area (Å²) in [5, 5.41) is 6.83. The van der Waals surface area contributed by atoms with E-state index in [1.165, 1.54) is 17.3 Å². The first-order chi connectivity index (χ1) is 9.31. The van der Waals surface area contributed by atoms with Gasteiger partial charge in [-0.1, -0.05) is 0 Å². The quantitative estimate of drug-likeness (QED) is 0.746. The number of nitrogens with zero attached hydrogens (tertiary/aromatic N) is 4. The van der Waals surface area contributed by atoms with E-state index in [1.54, 1.807) is 18.3 Å². The van der Waals surface area contributed by atoms with E-state index < -0.39 is 0 Å². The van der Waals surface area contributed by atoms with E-state index in [0.717, 1.165) is 12.8 Å². The van der Waals surface area contributed by atoms with Crippen LogP contribution in [-0.2, 0) is 4.79 Å². The maximum Gasteiger partial charge on any atom is 0.224 e. The van der Waals surface area contributed by atoms with Crippen LogP contribution in [0, 0.1) is 0 Å². The van der Waals surface area contributed by atoms with Crippen molar-refractivity contribution in [2.24, 2.45) is 5.73 Å². The summed E-state index contributed by atoms with van der Waals surface area (Å²) >= 11 is 0. The van der Waals surface area contributed by atoms with Gasteiger partial charge in [-0.05, 0) is 31.5 Å². The van der Waals surface area contributed by atoms with Crippen LogP contribution in [-0.4, -0.2) is 32.2 Å². The Bertz CT molecular complexity index is 525. The number of nitrogens with one attached hydrogen (secondary N) is 1. The van der Waals surface area contributed by atoms with Crippen molar-refractivity contribution >= 4 is 11.6 Å². The molecule has 0 aliphatic rings. The summed E-state index contributed by atoms with van der Waals surface area (Å²) < 4.78 is 1.51. The second-order valence-corrected chi connectivity index (χ2v) is 4.01. The average molecular weight is 260 g/mol. The van der Waals surface area contributed by atoms with Gasteiger partial charge >= 0.3 is 0 Å². The summed E-state index contributed by atoms with van der Waals surface area (Å²) in [6, 6.07) is 3.54. The molecule has 0 saturated heterocycles. The maximum atomic E-state index is 11.8. The first-order valence-corrected chi connectivity index (χ1v) is 6.11. The Morgan fingerprint density at radius 2 is 2.32 bits per heavy atom. The van der Waals surface area contributed by atoms with Crippen LogP contribution in [0.25, 0.3) is 5.82 Å². The van der Waals surface area contributed by atoms with E-state index in [2.05, 4.69) is 20.4 Å². The molecule has 100 valence electrons. The Morgan fingerprint density at radius 3 is 3.05 bits per heavy atom. The molecule has 3 N–H and O–H groups in total. The Morgan fingerprint density at radius 1 is 1.42 bits per heavy atom. The predicted octanol–water partition coefficient (Wildman–Crippen LogP) is 0.730. The second kappa shape index (κ2) is 6.60. The van der Waals surface area contributed by atoms with Gasteiger partial charge in [-0.15, -0.1) is 0 Å². The summed E-state index contributed by atoms with van der Waals surface area (Å²) in [6.07, 6.45) is 6.66. The highest BCUT2D eigenvalue weighted by Crippen LogP contribution is 2.16. The number of anilines is 1. The molecular formula is C12H16N6O. The van der Waals surface area contributed by atoms with Crippen molar-refractivity contribution in [3.8, 4) is 5.82 Å². The number of carbonyl (C=O) groups excluding carboxylic acids is 1. The van der Waals surface area contributed by atoms with Gasteiger partial charge in [0, 0.05) is 12.6 Å². The molecule has 0 unspecified atom stereocenters. The van der Waals surface area contributed by atoms with Crippen molar-refractivity contribution in [3.05, 3.63) is 31.0 Å². The highest BCUT2D eigenvalue weighted by Gasteiger charge is 2.09. The zero-order valence-corrected chi connectivity index (χ0v) is 10.5. The summed E-state index contributed by atoms with van der Waals surface area (Å²) in [5.41, 5.74) is 6.01. The van der Waals surface area contributed by atoms with Gasteiger partial charge in [-0.3, -0.25) is 4.79 Å². The molecule has 7 nitrogen and oxygen atoms in total. The van der Waals surface area contributed by atoms with E-state index in [0.29, 0.717) is 24.5 Å². The molecule has 0 aliphatic heterocycles. The normalized spacial score (nSPS) is 10.4. The minimum atomic E-state index is -0.0529. The molecule has 0 saturated carbocycles. The summed E-state index contributed by atoms with van der Waals surface area (Å²) in [5.74, 6) is 0.495. The van der Waals surface area contributed by atoms with Gasteiger partial charge in [-0.2, -0.15) is 5.10 Å². The number of unbranched alkanes of at least 4 members (excludes halogenated alkanes) is 1. The van der Waals surface area contributed by atoms with Gasteiger partial charge in [0.2, 0.25) is 5.91 Å². The van der Waals surface area contributed by atoms with E-state index in [1.807, 2.05) is 0 Å². The number of hydrogen-bond acceptors (Lipinski definition) is 5. The molecule has 1 amide bonds. The molecule has 2 aromatic heterocycles. The molecular weight excluding hydrogens is 244 g/mol. The fraction of sp³-hybridized carbons (Fsp3) is 0.333. The first-order valence-electron chi connectivity index (χ1n) is 6.11. The molecule has 0 radical (unpaired) electrons.